The number of methoxy groups -OCH3 is 1. The van der Waals surface area contributed by atoms with Gasteiger partial charge >= 0.3 is 0 Å². The molecular weight excluding hydrogens is 258 g/mol. The van der Waals surface area contributed by atoms with E-state index in [1.165, 1.54) is 5.56 Å². The molecular formula is C14H19N3OS. The number of benzene rings is 1. The maximum Gasteiger partial charge on any atom is 0.185 e. The molecule has 1 aromatic carbocycles. The summed E-state index contributed by atoms with van der Waals surface area (Å²) >= 11 is 1.67. The van der Waals surface area contributed by atoms with Gasteiger partial charge in [0.05, 0.1) is 12.8 Å². The Labute approximate surface area is 118 Å². The van der Waals surface area contributed by atoms with Crippen LogP contribution >= 0.6 is 11.3 Å². The van der Waals surface area contributed by atoms with Crippen LogP contribution in [-0.4, -0.2) is 26.2 Å². The van der Waals surface area contributed by atoms with E-state index in [4.69, 9.17) is 4.74 Å². The van der Waals surface area contributed by atoms with E-state index in [0.29, 0.717) is 0 Å². The molecule has 102 valence electrons. The van der Waals surface area contributed by atoms with E-state index in [1.54, 1.807) is 18.4 Å². The van der Waals surface area contributed by atoms with E-state index in [9.17, 15) is 0 Å². The van der Waals surface area contributed by atoms with Gasteiger partial charge in [-0.2, -0.15) is 0 Å². The van der Waals surface area contributed by atoms with Crippen LogP contribution in [0.25, 0.3) is 0 Å². The Kier molecular flexibility index (Phi) is 4.76. The van der Waals surface area contributed by atoms with E-state index >= 15 is 0 Å². The highest BCUT2D eigenvalue weighted by molar-refractivity contribution is 7.13. The van der Waals surface area contributed by atoms with E-state index < -0.39 is 0 Å². The number of aromatic nitrogens is 1. The Morgan fingerprint density at radius 1 is 1.32 bits per heavy atom. The first kappa shape index (κ1) is 13.8. The largest absolute Gasteiger partial charge is 0.497 e. The molecule has 19 heavy (non-hydrogen) atoms. The van der Waals surface area contributed by atoms with E-state index in [2.05, 4.69) is 39.8 Å². The molecule has 1 heterocycles. The average Bonchev–Trinajstić information content (AvgIpc) is 2.89. The highest BCUT2D eigenvalue weighted by Gasteiger charge is 2.07. The minimum absolute atomic E-state index is 0.812. The maximum absolute atomic E-state index is 5.16. The Morgan fingerprint density at radius 2 is 2.05 bits per heavy atom. The Hall–Kier alpha value is -1.59. The molecule has 0 fully saturated rings. The summed E-state index contributed by atoms with van der Waals surface area (Å²) in [5.74, 6) is 0.886. The molecule has 0 aliphatic rings. The SMILES string of the molecule is CNCc1csc(N(C)Cc2ccc(OC)cc2)n1. The number of rotatable bonds is 6. The minimum Gasteiger partial charge on any atom is -0.497 e. The van der Waals surface area contributed by atoms with Gasteiger partial charge in [-0.3, -0.25) is 0 Å². The van der Waals surface area contributed by atoms with Crippen LogP contribution in [0.5, 0.6) is 5.75 Å². The van der Waals surface area contributed by atoms with Crippen molar-refractivity contribution < 1.29 is 4.74 Å². The fraction of sp³-hybridized carbons (Fsp3) is 0.357. The zero-order valence-electron chi connectivity index (χ0n) is 11.5. The molecule has 0 amide bonds. The van der Waals surface area contributed by atoms with Crippen molar-refractivity contribution in [3.05, 3.63) is 40.9 Å². The smallest absolute Gasteiger partial charge is 0.185 e. The van der Waals surface area contributed by atoms with Crippen LogP contribution in [0.4, 0.5) is 5.13 Å². The predicted molar refractivity (Wildman–Crippen MR) is 80.0 cm³/mol. The molecule has 0 aliphatic heterocycles. The van der Waals surface area contributed by atoms with Gasteiger partial charge in [0.1, 0.15) is 5.75 Å². The first-order chi connectivity index (χ1) is 9.22. The van der Waals surface area contributed by atoms with Crippen molar-refractivity contribution in [1.82, 2.24) is 10.3 Å². The van der Waals surface area contributed by atoms with Crippen LogP contribution in [0.1, 0.15) is 11.3 Å². The summed E-state index contributed by atoms with van der Waals surface area (Å²) < 4.78 is 5.16. The molecule has 4 nitrogen and oxygen atoms in total. The first-order valence-electron chi connectivity index (χ1n) is 6.16. The van der Waals surface area contributed by atoms with E-state index in [1.807, 2.05) is 19.2 Å². The van der Waals surface area contributed by atoms with Crippen molar-refractivity contribution in [2.45, 2.75) is 13.1 Å². The molecule has 0 aliphatic carbocycles. The molecule has 0 saturated carbocycles. The molecule has 2 aromatic rings. The quantitative estimate of drug-likeness (QED) is 0.880. The zero-order chi connectivity index (χ0) is 13.7. The Bertz CT molecular complexity index is 510. The fourth-order valence-corrected chi connectivity index (χ4v) is 2.60. The van der Waals surface area contributed by atoms with Gasteiger partial charge < -0.3 is 15.0 Å². The van der Waals surface area contributed by atoms with Crippen molar-refractivity contribution >= 4 is 16.5 Å². The van der Waals surface area contributed by atoms with Gasteiger partial charge in [-0.15, -0.1) is 11.3 Å². The highest BCUT2D eigenvalue weighted by atomic mass is 32.1. The van der Waals surface area contributed by atoms with Gasteiger partial charge in [-0.1, -0.05) is 12.1 Å². The van der Waals surface area contributed by atoms with Gasteiger partial charge in [0, 0.05) is 25.5 Å². The van der Waals surface area contributed by atoms with Crippen LogP contribution < -0.4 is 15.0 Å². The van der Waals surface area contributed by atoms with Gasteiger partial charge in [-0.25, -0.2) is 4.98 Å². The second-order valence-corrected chi connectivity index (χ2v) is 5.19. The monoisotopic (exact) mass is 277 g/mol. The third-order valence-electron chi connectivity index (χ3n) is 2.80. The normalized spacial score (nSPS) is 10.5. The van der Waals surface area contributed by atoms with Crippen LogP contribution in [0, 0.1) is 0 Å². The summed E-state index contributed by atoms with van der Waals surface area (Å²) in [6, 6.07) is 8.13. The second kappa shape index (κ2) is 6.54. The lowest BCUT2D eigenvalue weighted by molar-refractivity contribution is 0.414. The molecule has 1 aromatic heterocycles. The van der Waals surface area contributed by atoms with Gasteiger partial charge in [0.2, 0.25) is 0 Å². The summed E-state index contributed by atoms with van der Waals surface area (Å²) in [4.78, 5) is 6.75. The van der Waals surface area contributed by atoms with Crippen LogP contribution in [0.15, 0.2) is 29.6 Å². The summed E-state index contributed by atoms with van der Waals surface area (Å²) in [5.41, 5.74) is 2.33. The number of thiazole rings is 1. The van der Waals surface area contributed by atoms with Crippen molar-refractivity contribution in [1.29, 1.82) is 0 Å². The molecule has 0 bridgehead atoms. The number of anilines is 1. The molecule has 2 rings (SSSR count). The molecule has 0 radical (unpaired) electrons. The third kappa shape index (κ3) is 3.68. The van der Waals surface area contributed by atoms with Crippen molar-refractivity contribution in [2.24, 2.45) is 0 Å². The fourth-order valence-electron chi connectivity index (χ4n) is 1.81. The van der Waals surface area contributed by atoms with Crippen LogP contribution in [-0.2, 0) is 13.1 Å². The molecule has 0 saturated heterocycles. The second-order valence-electron chi connectivity index (χ2n) is 4.36. The van der Waals surface area contributed by atoms with Crippen molar-refractivity contribution in [2.75, 3.05) is 26.1 Å². The van der Waals surface area contributed by atoms with Crippen molar-refractivity contribution in [3.8, 4) is 5.75 Å². The van der Waals surface area contributed by atoms with Crippen LogP contribution in [0.3, 0.4) is 0 Å². The molecule has 5 heteroatoms. The summed E-state index contributed by atoms with van der Waals surface area (Å²) in [7, 11) is 5.67. The lowest BCUT2D eigenvalue weighted by atomic mass is 10.2. The lowest BCUT2D eigenvalue weighted by Crippen LogP contribution is -2.16. The molecule has 0 atom stereocenters. The molecule has 0 spiro atoms. The third-order valence-corrected chi connectivity index (χ3v) is 3.81. The molecule has 0 unspecified atom stereocenters. The van der Waals surface area contributed by atoms with Crippen molar-refractivity contribution in [3.63, 3.8) is 0 Å². The zero-order valence-corrected chi connectivity index (χ0v) is 12.3. The first-order valence-corrected chi connectivity index (χ1v) is 7.04. The van der Waals surface area contributed by atoms with E-state index in [-0.39, 0.29) is 0 Å². The topological polar surface area (TPSA) is 37.4 Å². The Morgan fingerprint density at radius 3 is 2.68 bits per heavy atom. The summed E-state index contributed by atoms with van der Waals surface area (Å²) in [6.45, 7) is 1.66. The number of hydrogen-bond donors (Lipinski definition) is 1. The lowest BCUT2D eigenvalue weighted by Gasteiger charge is -2.15. The number of ether oxygens (including phenoxy) is 1. The number of hydrogen-bond acceptors (Lipinski definition) is 5. The average molecular weight is 277 g/mol. The van der Waals surface area contributed by atoms with Crippen LogP contribution in [0.2, 0.25) is 0 Å². The highest BCUT2D eigenvalue weighted by Crippen LogP contribution is 2.21. The van der Waals surface area contributed by atoms with E-state index in [0.717, 1.165) is 29.7 Å². The number of nitrogens with zero attached hydrogens (tertiary/aromatic N) is 2. The Balaban J connectivity index is 2.00. The van der Waals surface area contributed by atoms with Gasteiger partial charge in [0.25, 0.3) is 0 Å². The summed E-state index contributed by atoms with van der Waals surface area (Å²) in [6.07, 6.45) is 0. The maximum atomic E-state index is 5.16. The molecule has 1 N–H and O–H groups in total. The number of nitrogens with one attached hydrogen (secondary N) is 1. The minimum atomic E-state index is 0.812. The summed E-state index contributed by atoms with van der Waals surface area (Å²) in [5, 5.41) is 6.25. The van der Waals surface area contributed by atoms with Gasteiger partial charge in [-0.05, 0) is 24.7 Å². The predicted octanol–water partition coefficient (Wildman–Crippen LogP) is 2.51. The standard InChI is InChI=1S/C14H19N3OS/c1-15-8-12-10-19-14(16-12)17(2)9-11-4-6-13(18-3)7-5-11/h4-7,10,15H,8-9H2,1-3H3. The van der Waals surface area contributed by atoms with Gasteiger partial charge in [0.15, 0.2) is 5.13 Å².